The Balaban J connectivity index is 1.53. The Labute approximate surface area is 165 Å². The molecule has 2 N–H and O–H groups in total. The van der Waals surface area contributed by atoms with Crippen molar-refractivity contribution in [3.63, 3.8) is 0 Å². The van der Waals surface area contributed by atoms with Crippen molar-refractivity contribution in [2.24, 2.45) is 11.8 Å². The number of carboxylic acids is 1. The van der Waals surface area contributed by atoms with E-state index in [1.807, 2.05) is 19.1 Å². The van der Waals surface area contributed by atoms with Gasteiger partial charge in [0.05, 0.1) is 18.1 Å². The highest BCUT2D eigenvalue weighted by molar-refractivity contribution is 5.76. The lowest BCUT2D eigenvalue weighted by Gasteiger charge is -2.36. The minimum absolute atomic E-state index is 0.172. The van der Waals surface area contributed by atoms with Gasteiger partial charge < -0.3 is 25.0 Å². The number of hydrogen-bond acceptors (Lipinski definition) is 5. The molecule has 154 valence electrons. The highest BCUT2D eigenvalue weighted by atomic mass is 16.5. The monoisotopic (exact) mass is 390 g/mol. The average Bonchev–Trinajstić information content (AvgIpc) is 2.65. The third kappa shape index (κ3) is 5.13. The molecular formula is C20H30N4O4. The molecule has 8 nitrogen and oxygen atoms in total. The minimum Gasteiger partial charge on any atom is -0.481 e. The van der Waals surface area contributed by atoms with Crippen LogP contribution in [0.25, 0.3) is 0 Å². The molecule has 3 heterocycles. The largest absolute Gasteiger partial charge is 0.481 e. The number of urea groups is 1. The van der Waals surface area contributed by atoms with Gasteiger partial charge in [-0.05, 0) is 37.8 Å². The fourth-order valence-corrected chi connectivity index (χ4v) is 4.06. The summed E-state index contributed by atoms with van der Waals surface area (Å²) in [6, 6.07) is 3.71. The standard InChI is InChI=1S/C20H30N4O4/c1-13-6-17(19(25)26)12-24(9-13)20(27)22-8-16-4-5-18(21-7-16)23-10-14(2)28-15(3)11-23/h4-5,7,13-15,17H,6,8-12H2,1-3H3,(H,22,27)(H,25,26). The van der Waals surface area contributed by atoms with Crippen LogP contribution in [-0.4, -0.2) is 65.4 Å². The Kier molecular flexibility index (Phi) is 6.39. The van der Waals surface area contributed by atoms with E-state index in [9.17, 15) is 14.7 Å². The first-order valence-corrected chi connectivity index (χ1v) is 9.92. The smallest absolute Gasteiger partial charge is 0.317 e. The third-order valence-corrected chi connectivity index (χ3v) is 5.29. The van der Waals surface area contributed by atoms with E-state index in [4.69, 9.17) is 4.74 Å². The summed E-state index contributed by atoms with van der Waals surface area (Å²) >= 11 is 0. The summed E-state index contributed by atoms with van der Waals surface area (Å²) in [5.41, 5.74) is 0.909. The number of carbonyl (C=O) groups excluding carboxylic acids is 1. The van der Waals surface area contributed by atoms with E-state index in [1.54, 1.807) is 11.1 Å². The van der Waals surface area contributed by atoms with Crippen LogP contribution in [0.15, 0.2) is 18.3 Å². The number of aromatic nitrogens is 1. The molecule has 4 unspecified atom stereocenters. The molecule has 2 saturated heterocycles. The van der Waals surface area contributed by atoms with Crippen LogP contribution in [0.2, 0.25) is 0 Å². The maximum atomic E-state index is 12.5. The van der Waals surface area contributed by atoms with Gasteiger partial charge in [-0.25, -0.2) is 9.78 Å². The molecule has 0 radical (unpaired) electrons. The molecule has 2 amide bonds. The summed E-state index contributed by atoms with van der Waals surface area (Å²) in [5.74, 6) is -0.240. The van der Waals surface area contributed by atoms with Crippen molar-refractivity contribution < 1.29 is 19.4 Å². The van der Waals surface area contributed by atoms with Gasteiger partial charge in [0, 0.05) is 38.9 Å². The molecule has 0 saturated carbocycles. The summed E-state index contributed by atoms with van der Waals surface area (Å²) in [7, 11) is 0. The van der Waals surface area contributed by atoms with Gasteiger partial charge >= 0.3 is 12.0 Å². The molecule has 2 aliphatic rings. The minimum atomic E-state index is -0.837. The molecule has 1 aromatic heterocycles. The number of likely N-dealkylation sites (tertiary alicyclic amines) is 1. The highest BCUT2D eigenvalue weighted by Gasteiger charge is 2.31. The number of nitrogens with one attached hydrogen (secondary N) is 1. The topological polar surface area (TPSA) is 95.0 Å². The number of aliphatic carboxylic acids is 1. The molecule has 3 rings (SSSR count). The number of rotatable bonds is 4. The van der Waals surface area contributed by atoms with Crippen LogP contribution in [0.4, 0.5) is 10.6 Å². The van der Waals surface area contributed by atoms with Crippen molar-refractivity contribution in [3.05, 3.63) is 23.9 Å². The third-order valence-electron chi connectivity index (χ3n) is 5.29. The molecule has 1 aromatic rings. The van der Waals surface area contributed by atoms with Crippen molar-refractivity contribution in [2.45, 2.75) is 45.9 Å². The van der Waals surface area contributed by atoms with Crippen molar-refractivity contribution in [2.75, 3.05) is 31.1 Å². The number of carbonyl (C=O) groups is 2. The van der Waals surface area contributed by atoms with E-state index in [2.05, 4.69) is 29.0 Å². The summed E-state index contributed by atoms with van der Waals surface area (Å²) in [4.78, 5) is 32.1. The maximum absolute atomic E-state index is 12.5. The summed E-state index contributed by atoms with van der Waals surface area (Å²) in [5, 5.41) is 12.1. The molecule has 28 heavy (non-hydrogen) atoms. The lowest BCUT2D eigenvalue weighted by Crippen LogP contribution is -2.49. The quantitative estimate of drug-likeness (QED) is 0.816. The molecule has 4 atom stereocenters. The van der Waals surface area contributed by atoms with Crippen LogP contribution in [0.1, 0.15) is 32.8 Å². The molecule has 0 spiro atoms. The number of anilines is 1. The number of piperidine rings is 1. The van der Waals surface area contributed by atoms with Crippen molar-refractivity contribution in [3.8, 4) is 0 Å². The molecule has 0 bridgehead atoms. The number of nitrogens with zero attached hydrogens (tertiary/aromatic N) is 3. The van der Waals surface area contributed by atoms with Gasteiger partial charge in [-0.3, -0.25) is 4.79 Å². The van der Waals surface area contributed by atoms with E-state index in [0.29, 0.717) is 19.5 Å². The van der Waals surface area contributed by atoms with Gasteiger partial charge in [-0.2, -0.15) is 0 Å². The number of amides is 2. The fraction of sp³-hybridized carbons (Fsp3) is 0.650. The van der Waals surface area contributed by atoms with E-state index in [-0.39, 0.29) is 30.7 Å². The van der Waals surface area contributed by atoms with Crippen LogP contribution in [0.5, 0.6) is 0 Å². The van der Waals surface area contributed by atoms with E-state index in [1.165, 1.54) is 0 Å². The molecular weight excluding hydrogens is 360 g/mol. The number of pyridine rings is 1. The second-order valence-corrected chi connectivity index (χ2v) is 8.13. The zero-order chi connectivity index (χ0) is 20.3. The molecule has 2 aliphatic heterocycles. The first-order valence-electron chi connectivity index (χ1n) is 9.92. The Morgan fingerprint density at radius 2 is 1.89 bits per heavy atom. The number of carboxylic acid groups (broad SMARTS) is 1. The first kappa shape index (κ1) is 20.4. The Bertz CT molecular complexity index is 686. The van der Waals surface area contributed by atoms with Crippen LogP contribution in [0.3, 0.4) is 0 Å². The summed E-state index contributed by atoms with van der Waals surface area (Å²) < 4.78 is 5.76. The van der Waals surface area contributed by atoms with Gasteiger partial charge in [0.15, 0.2) is 0 Å². The molecule has 8 heteroatoms. The summed E-state index contributed by atoms with van der Waals surface area (Å²) in [6.07, 6.45) is 2.74. The molecule has 0 aliphatic carbocycles. The normalized spacial score (nSPS) is 28.1. The second kappa shape index (κ2) is 8.77. The maximum Gasteiger partial charge on any atom is 0.317 e. The van der Waals surface area contributed by atoms with Gasteiger partial charge in [-0.15, -0.1) is 0 Å². The zero-order valence-corrected chi connectivity index (χ0v) is 16.8. The number of ether oxygens (including phenoxy) is 1. The van der Waals surface area contributed by atoms with Crippen LogP contribution in [0, 0.1) is 11.8 Å². The van der Waals surface area contributed by atoms with E-state index in [0.717, 1.165) is 24.5 Å². The van der Waals surface area contributed by atoms with Gasteiger partial charge in [0.1, 0.15) is 5.82 Å². The van der Waals surface area contributed by atoms with Gasteiger partial charge in [-0.1, -0.05) is 13.0 Å². The predicted molar refractivity (Wildman–Crippen MR) is 105 cm³/mol. The molecule has 0 aromatic carbocycles. The Morgan fingerprint density at radius 3 is 2.50 bits per heavy atom. The second-order valence-electron chi connectivity index (χ2n) is 8.13. The number of morpholine rings is 1. The lowest BCUT2D eigenvalue weighted by atomic mass is 9.91. The molecule has 2 fully saturated rings. The number of hydrogen-bond donors (Lipinski definition) is 2. The van der Waals surface area contributed by atoms with Crippen LogP contribution >= 0.6 is 0 Å². The van der Waals surface area contributed by atoms with Gasteiger partial charge in [0.25, 0.3) is 0 Å². The zero-order valence-electron chi connectivity index (χ0n) is 16.8. The lowest BCUT2D eigenvalue weighted by molar-refractivity contribution is -0.143. The van der Waals surface area contributed by atoms with Crippen molar-refractivity contribution in [1.82, 2.24) is 15.2 Å². The Hall–Kier alpha value is -2.35. The SMILES string of the molecule is CC1CC(C(=O)O)CN(C(=O)NCc2ccc(N3CC(C)OC(C)C3)nc2)C1. The van der Waals surface area contributed by atoms with E-state index >= 15 is 0 Å². The summed E-state index contributed by atoms with van der Waals surface area (Å²) in [6.45, 7) is 8.93. The Morgan fingerprint density at radius 1 is 1.18 bits per heavy atom. The van der Waals surface area contributed by atoms with Gasteiger partial charge in [0.2, 0.25) is 0 Å². The fourth-order valence-electron chi connectivity index (χ4n) is 4.06. The van der Waals surface area contributed by atoms with Crippen LogP contribution in [-0.2, 0) is 16.1 Å². The average molecular weight is 390 g/mol. The van der Waals surface area contributed by atoms with E-state index < -0.39 is 11.9 Å². The highest BCUT2D eigenvalue weighted by Crippen LogP contribution is 2.22. The van der Waals surface area contributed by atoms with Crippen molar-refractivity contribution >= 4 is 17.8 Å². The first-order chi connectivity index (χ1) is 13.3. The van der Waals surface area contributed by atoms with Crippen molar-refractivity contribution in [1.29, 1.82) is 0 Å². The van der Waals surface area contributed by atoms with Crippen LogP contribution < -0.4 is 10.2 Å². The predicted octanol–water partition coefficient (Wildman–Crippen LogP) is 1.95.